The lowest BCUT2D eigenvalue weighted by Crippen LogP contribution is -2.48. The van der Waals surface area contributed by atoms with Crippen molar-refractivity contribution in [2.24, 2.45) is 4.99 Å². The molecule has 2 aromatic rings. The first kappa shape index (κ1) is 20.0. The van der Waals surface area contributed by atoms with Crippen molar-refractivity contribution >= 4 is 11.8 Å². The monoisotopic (exact) mass is 387 g/mol. The van der Waals surface area contributed by atoms with E-state index in [-0.39, 0.29) is 23.1 Å². The molecule has 1 fully saturated rings. The van der Waals surface area contributed by atoms with Crippen LogP contribution in [0.4, 0.5) is 14.6 Å². The first-order valence-corrected chi connectivity index (χ1v) is 9.48. The number of halogens is 2. The van der Waals surface area contributed by atoms with Crippen LogP contribution in [0.5, 0.6) is 0 Å². The van der Waals surface area contributed by atoms with E-state index in [9.17, 15) is 8.78 Å². The van der Waals surface area contributed by atoms with E-state index < -0.39 is 0 Å². The van der Waals surface area contributed by atoms with Crippen LogP contribution in [0.15, 0.2) is 47.6 Å². The quantitative estimate of drug-likeness (QED) is 0.612. The maximum atomic E-state index is 14.0. The van der Waals surface area contributed by atoms with Crippen molar-refractivity contribution in [3.63, 3.8) is 0 Å². The molecule has 1 aromatic heterocycles. The van der Waals surface area contributed by atoms with E-state index in [0.29, 0.717) is 24.9 Å². The molecule has 0 saturated carbocycles. The summed E-state index contributed by atoms with van der Waals surface area (Å²) in [4.78, 5) is 10.4. The molecule has 28 heavy (non-hydrogen) atoms. The van der Waals surface area contributed by atoms with Gasteiger partial charge in [-0.15, -0.1) is 0 Å². The van der Waals surface area contributed by atoms with Gasteiger partial charge < -0.3 is 15.5 Å². The number of rotatable bonds is 5. The van der Waals surface area contributed by atoms with Gasteiger partial charge in [0.05, 0.1) is 0 Å². The highest BCUT2D eigenvalue weighted by Crippen LogP contribution is 2.23. The molecule has 5 nitrogen and oxygen atoms in total. The summed E-state index contributed by atoms with van der Waals surface area (Å²) in [6.07, 6.45) is 2.48. The second kappa shape index (κ2) is 8.54. The molecule has 0 bridgehead atoms. The molecule has 1 aliphatic rings. The minimum Gasteiger partial charge on any atom is -0.356 e. The molecule has 1 aliphatic heterocycles. The fourth-order valence-corrected chi connectivity index (χ4v) is 3.38. The Bertz CT molecular complexity index is 820. The maximum Gasteiger partial charge on any atom is 0.191 e. The summed E-state index contributed by atoms with van der Waals surface area (Å²) in [6, 6.07) is 9.76. The van der Waals surface area contributed by atoms with Crippen molar-refractivity contribution in [1.82, 2.24) is 15.6 Å². The molecule has 2 N–H and O–H groups in total. The zero-order valence-electron chi connectivity index (χ0n) is 16.5. The van der Waals surface area contributed by atoms with Gasteiger partial charge in [0.1, 0.15) is 5.82 Å². The van der Waals surface area contributed by atoms with E-state index in [1.807, 2.05) is 17.0 Å². The van der Waals surface area contributed by atoms with Crippen LogP contribution in [0.25, 0.3) is 0 Å². The van der Waals surface area contributed by atoms with Gasteiger partial charge in [-0.05, 0) is 36.2 Å². The zero-order chi connectivity index (χ0) is 20.1. The van der Waals surface area contributed by atoms with Crippen LogP contribution in [-0.2, 0) is 5.41 Å². The van der Waals surface area contributed by atoms with E-state index in [1.54, 1.807) is 19.3 Å². The molecule has 3 rings (SSSR count). The highest BCUT2D eigenvalue weighted by molar-refractivity contribution is 5.80. The number of aliphatic imine (C=N–C) groups is 1. The summed E-state index contributed by atoms with van der Waals surface area (Å²) in [7, 11) is 1.73. The lowest BCUT2D eigenvalue weighted by atomic mass is 9.84. The largest absolute Gasteiger partial charge is 0.356 e. The van der Waals surface area contributed by atoms with Gasteiger partial charge in [0.15, 0.2) is 17.6 Å². The highest BCUT2D eigenvalue weighted by Gasteiger charge is 2.27. The smallest absolute Gasteiger partial charge is 0.191 e. The summed E-state index contributed by atoms with van der Waals surface area (Å²) in [5.74, 6) is 0.558. The number of aromatic nitrogens is 1. The second-order valence-electron chi connectivity index (χ2n) is 7.70. The number of pyridine rings is 1. The van der Waals surface area contributed by atoms with Crippen LogP contribution < -0.4 is 15.5 Å². The number of guanidine groups is 1. The third kappa shape index (κ3) is 4.77. The molecule has 1 aromatic carbocycles. The Hall–Kier alpha value is -2.70. The predicted octanol–water partition coefficient (Wildman–Crippen LogP) is 3.08. The molecule has 1 atom stereocenters. The lowest BCUT2D eigenvalue weighted by molar-refractivity contribution is 0.503. The number of nitrogens with zero attached hydrogens (tertiary/aromatic N) is 3. The topological polar surface area (TPSA) is 52.6 Å². The molecule has 7 heteroatoms. The summed E-state index contributed by atoms with van der Waals surface area (Å²) in [5.41, 5.74) is 0.860. The number of nitrogens with one attached hydrogen (secondary N) is 2. The third-order valence-electron chi connectivity index (χ3n) is 5.11. The average molecular weight is 387 g/mol. The number of benzene rings is 1. The van der Waals surface area contributed by atoms with E-state index in [0.717, 1.165) is 18.5 Å². The van der Waals surface area contributed by atoms with Crippen molar-refractivity contribution < 1.29 is 8.78 Å². The van der Waals surface area contributed by atoms with Crippen molar-refractivity contribution in [1.29, 1.82) is 0 Å². The van der Waals surface area contributed by atoms with Gasteiger partial charge in [0.2, 0.25) is 0 Å². The van der Waals surface area contributed by atoms with Crippen LogP contribution >= 0.6 is 0 Å². The maximum absolute atomic E-state index is 14.0. The van der Waals surface area contributed by atoms with Crippen molar-refractivity contribution in [3.8, 4) is 0 Å². The van der Waals surface area contributed by atoms with Gasteiger partial charge in [0.25, 0.3) is 0 Å². The van der Waals surface area contributed by atoms with Crippen molar-refractivity contribution in [3.05, 3.63) is 59.8 Å². The Kier molecular flexibility index (Phi) is 6.11. The highest BCUT2D eigenvalue weighted by atomic mass is 19.1. The lowest BCUT2D eigenvalue weighted by Gasteiger charge is -2.27. The van der Waals surface area contributed by atoms with E-state index in [2.05, 4.69) is 34.5 Å². The molecule has 0 aliphatic carbocycles. The Morgan fingerprint density at radius 1 is 1.25 bits per heavy atom. The fourth-order valence-electron chi connectivity index (χ4n) is 3.38. The Morgan fingerprint density at radius 3 is 2.68 bits per heavy atom. The molecule has 0 spiro atoms. The Balaban J connectivity index is 1.55. The minimum atomic E-state index is -0.299. The minimum absolute atomic E-state index is 0.154. The van der Waals surface area contributed by atoms with Crippen molar-refractivity contribution in [2.45, 2.75) is 31.7 Å². The van der Waals surface area contributed by atoms with Gasteiger partial charge in [-0.1, -0.05) is 26.0 Å². The van der Waals surface area contributed by atoms with Crippen LogP contribution in [0, 0.1) is 11.6 Å². The summed E-state index contributed by atoms with van der Waals surface area (Å²) in [5, 5.41) is 6.76. The number of hydrogen-bond donors (Lipinski definition) is 2. The van der Waals surface area contributed by atoms with Gasteiger partial charge in [-0.2, -0.15) is 0 Å². The molecule has 0 radical (unpaired) electrons. The van der Waals surface area contributed by atoms with E-state index >= 15 is 0 Å². The molecule has 150 valence electrons. The van der Waals surface area contributed by atoms with E-state index in [1.165, 1.54) is 18.2 Å². The SMILES string of the molecule is CN=C(NCC(C)(C)c1ccc(F)cc1)NC1CCN(c2ncccc2F)C1. The molecule has 2 heterocycles. The Morgan fingerprint density at radius 2 is 2.00 bits per heavy atom. The summed E-state index contributed by atoms with van der Waals surface area (Å²) < 4.78 is 27.1. The van der Waals surface area contributed by atoms with Crippen LogP contribution in [-0.4, -0.2) is 43.7 Å². The fraction of sp³-hybridized carbons (Fsp3) is 0.429. The molecular weight excluding hydrogens is 360 g/mol. The standard InChI is InChI=1S/C21H27F2N5/c1-21(2,15-6-8-16(22)9-7-15)14-26-20(24-3)27-17-10-12-28(13-17)19-18(23)5-4-11-25-19/h4-9,11,17H,10,12-14H2,1-3H3,(H2,24,26,27). The third-order valence-corrected chi connectivity index (χ3v) is 5.11. The number of hydrogen-bond acceptors (Lipinski definition) is 3. The Labute approximate surface area is 164 Å². The summed E-state index contributed by atoms with van der Waals surface area (Å²) >= 11 is 0. The normalized spacial score (nSPS) is 17.7. The van der Waals surface area contributed by atoms with Gasteiger partial charge in [0, 0.05) is 44.3 Å². The first-order valence-electron chi connectivity index (χ1n) is 9.48. The van der Waals surface area contributed by atoms with Gasteiger partial charge >= 0.3 is 0 Å². The van der Waals surface area contributed by atoms with Crippen LogP contribution in [0.3, 0.4) is 0 Å². The number of anilines is 1. The second-order valence-corrected chi connectivity index (χ2v) is 7.70. The molecular formula is C21H27F2N5. The average Bonchev–Trinajstić information content (AvgIpc) is 3.14. The summed E-state index contributed by atoms with van der Waals surface area (Å²) in [6.45, 7) is 6.24. The molecule has 0 amide bonds. The zero-order valence-corrected chi connectivity index (χ0v) is 16.5. The first-order chi connectivity index (χ1) is 13.4. The predicted molar refractivity (Wildman–Crippen MR) is 109 cm³/mol. The van der Waals surface area contributed by atoms with Crippen molar-refractivity contribution in [2.75, 3.05) is 31.6 Å². The van der Waals surface area contributed by atoms with Gasteiger partial charge in [-0.25, -0.2) is 13.8 Å². The van der Waals surface area contributed by atoms with Crippen LogP contribution in [0.1, 0.15) is 25.8 Å². The van der Waals surface area contributed by atoms with Gasteiger partial charge in [-0.3, -0.25) is 4.99 Å². The van der Waals surface area contributed by atoms with Crippen LogP contribution in [0.2, 0.25) is 0 Å². The molecule has 1 unspecified atom stereocenters. The molecule has 1 saturated heterocycles. The van der Waals surface area contributed by atoms with E-state index in [4.69, 9.17) is 0 Å².